The number of aliphatic carboxylic acids is 1. The lowest BCUT2D eigenvalue weighted by Crippen LogP contribution is -2.47. The van der Waals surface area contributed by atoms with Crippen LogP contribution in [-0.2, 0) is 9.53 Å². The number of methoxy groups -OCH3 is 1. The number of carbonyl (C=O) groups excluding carboxylic acids is 1. The predicted molar refractivity (Wildman–Crippen MR) is 67.8 cm³/mol. The number of nitrogens with one attached hydrogen (secondary N) is 1. The first-order valence-corrected chi connectivity index (χ1v) is 6.41. The van der Waals surface area contributed by atoms with Crippen LogP contribution in [0.4, 0.5) is 4.79 Å². The van der Waals surface area contributed by atoms with E-state index in [0.29, 0.717) is 13.1 Å². The standard InChI is InChI=1S/C12H22N2O5/c1-8(15)9-3-5-14(7-9)12(18)13-10(11(16)17)4-6-19-2/h8-10,15H,3-7H2,1-2H3,(H,13,18)(H,16,17). The van der Waals surface area contributed by atoms with Crippen molar-refractivity contribution < 1.29 is 24.5 Å². The summed E-state index contributed by atoms with van der Waals surface area (Å²) in [5.74, 6) is -1.01. The van der Waals surface area contributed by atoms with Gasteiger partial charge in [-0.05, 0) is 13.3 Å². The summed E-state index contributed by atoms with van der Waals surface area (Å²) in [6.07, 6.45) is 0.508. The highest BCUT2D eigenvalue weighted by atomic mass is 16.5. The molecule has 1 heterocycles. The number of hydrogen-bond acceptors (Lipinski definition) is 4. The summed E-state index contributed by atoms with van der Waals surface area (Å²) in [5, 5.41) is 21.0. The molecule has 0 aromatic rings. The van der Waals surface area contributed by atoms with Crippen molar-refractivity contribution in [2.24, 2.45) is 5.92 Å². The lowest BCUT2D eigenvalue weighted by Gasteiger charge is -2.21. The number of carbonyl (C=O) groups is 2. The molecular formula is C12H22N2O5. The molecule has 7 nitrogen and oxygen atoms in total. The number of carboxylic acid groups (broad SMARTS) is 1. The van der Waals surface area contributed by atoms with Crippen LogP contribution in [0.25, 0.3) is 0 Å². The molecule has 0 bridgehead atoms. The molecule has 19 heavy (non-hydrogen) atoms. The second-order valence-electron chi connectivity index (χ2n) is 4.86. The van der Waals surface area contributed by atoms with Crippen LogP contribution >= 0.6 is 0 Å². The van der Waals surface area contributed by atoms with Crippen LogP contribution in [0.15, 0.2) is 0 Å². The van der Waals surface area contributed by atoms with E-state index in [4.69, 9.17) is 9.84 Å². The highest BCUT2D eigenvalue weighted by molar-refractivity contribution is 5.82. The first-order chi connectivity index (χ1) is 8.95. The molecule has 0 aliphatic carbocycles. The van der Waals surface area contributed by atoms with Crippen LogP contribution in [-0.4, -0.2) is 66.1 Å². The maximum Gasteiger partial charge on any atom is 0.326 e. The summed E-state index contributed by atoms with van der Waals surface area (Å²) < 4.78 is 4.82. The van der Waals surface area contributed by atoms with Crippen molar-refractivity contribution in [3.05, 3.63) is 0 Å². The van der Waals surface area contributed by atoms with Gasteiger partial charge >= 0.3 is 12.0 Å². The zero-order valence-corrected chi connectivity index (χ0v) is 11.3. The second kappa shape index (κ2) is 7.30. The Hall–Kier alpha value is -1.34. The molecule has 7 heteroatoms. The molecule has 0 radical (unpaired) electrons. The highest BCUT2D eigenvalue weighted by Gasteiger charge is 2.31. The molecule has 2 amide bonds. The largest absolute Gasteiger partial charge is 0.480 e. The molecule has 1 saturated heterocycles. The molecule has 110 valence electrons. The van der Waals surface area contributed by atoms with Gasteiger partial charge in [-0.15, -0.1) is 0 Å². The topological polar surface area (TPSA) is 99.1 Å². The van der Waals surface area contributed by atoms with Crippen LogP contribution in [0, 0.1) is 5.92 Å². The summed E-state index contributed by atoms with van der Waals surface area (Å²) in [6.45, 7) is 2.97. The van der Waals surface area contributed by atoms with Crippen molar-refractivity contribution in [2.45, 2.75) is 31.9 Å². The molecule has 1 fully saturated rings. The Kier molecular flexibility index (Phi) is 6.04. The van der Waals surface area contributed by atoms with Gasteiger partial charge in [0.25, 0.3) is 0 Å². The van der Waals surface area contributed by atoms with Gasteiger partial charge in [0.15, 0.2) is 0 Å². The summed E-state index contributed by atoms with van der Waals surface area (Å²) in [4.78, 5) is 24.5. The van der Waals surface area contributed by atoms with E-state index in [0.717, 1.165) is 6.42 Å². The van der Waals surface area contributed by atoms with Gasteiger partial charge in [0, 0.05) is 39.1 Å². The van der Waals surface area contributed by atoms with E-state index in [2.05, 4.69) is 5.32 Å². The lowest BCUT2D eigenvalue weighted by atomic mass is 10.0. The third-order valence-corrected chi connectivity index (χ3v) is 3.40. The van der Waals surface area contributed by atoms with Gasteiger partial charge in [0.1, 0.15) is 6.04 Å². The van der Waals surface area contributed by atoms with E-state index in [1.165, 1.54) is 7.11 Å². The van der Waals surface area contributed by atoms with Crippen molar-refractivity contribution in [1.29, 1.82) is 0 Å². The van der Waals surface area contributed by atoms with E-state index < -0.39 is 24.1 Å². The summed E-state index contributed by atoms with van der Waals surface area (Å²) in [7, 11) is 1.48. The first kappa shape index (κ1) is 15.7. The van der Waals surface area contributed by atoms with E-state index in [-0.39, 0.29) is 18.9 Å². The number of amides is 2. The third kappa shape index (κ3) is 4.68. The average molecular weight is 274 g/mol. The van der Waals surface area contributed by atoms with Crippen LogP contribution in [0.1, 0.15) is 19.8 Å². The zero-order valence-electron chi connectivity index (χ0n) is 11.3. The molecule has 1 aliphatic rings. The zero-order chi connectivity index (χ0) is 14.4. The summed E-state index contributed by atoms with van der Waals surface area (Å²) in [6, 6.07) is -1.34. The van der Waals surface area contributed by atoms with Crippen LogP contribution in [0.5, 0.6) is 0 Å². The van der Waals surface area contributed by atoms with Gasteiger partial charge in [-0.25, -0.2) is 9.59 Å². The number of nitrogens with zero attached hydrogens (tertiary/aromatic N) is 1. The minimum atomic E-state index is -1.07. The molecule has 3 N–H and O–H groups in total. The van der Waals surface area contributed by atoms with E-state index in [9.17, 15) is 14.7 Å². The maximum atomic E-state index is 11.9. The molecule has 3 atom stereocenters. The fourth-order valence-corrected chi connectivity index (χ4v) is 2.10. The van der Waals surface area contributed by atoms with Crippen molar-refractivity contribution in [2.75, 3.05) is 26.8 Å². The first-order valence-electron chi connectivity index (χ1n) is 6.41. The van der Waals surface area contributed by atoms with Gasteiger partial charge in [-0.1, -0.05) is 0 Å². The van der Waals surface area contributed by atoms with E-state index >= 15 is 0 Å². The van der Waals surface area contributed by atoms with Crippen LogP contribution < -0.4 is 5.32 Å². The second-order valence-corrected chi connectivity index (χ2v) is 4.86. The van der Waals surface area contributed by atoms with E-state index in [1.54, 1.807) is 11.8 Å². The van der Waals surface area contributed by atoms with Crippen molar-refractivity contribution >= 4 is 12.0 Å². The number of aliphatic hydroxyl groups excluding tert-OH is 1. The average Bonchev–Trinajstić information content (AvgIpc) is 2.83. The van der Waals surface area contributed by atoms with Crippen LogP contribution in [0.2, 0.25) is 0 Å². The number of hydrogen-bond donors (Lipinski definition) is 3. The van der Waals surface area contributed by atoms with Crippen LogP contribution in [0.3, 0.4) is 0 Å². The third-order valence-electron chi connectivity index (χ3n) is 3.40. The normalized spacial score (nSPS) is 22.1. The van der Waals surface area contributed by atoms with Crippen molar-refractivity contribution in [1.82, 2.24) is 10.2 Å². The quantitative estimate of drug-likeness (QED) is 0.627. The smallest absolute Gasteiger partial charge is 0.326 e. The fourth-order valence-electron chi connectivity index (χ4n) is 2.10. The molecule has 3 unspecified atom stereocenters. The van der Waals surface area contributed by atoms with Gasteiger partial charge in [0.05, 0.1) is 6.10 Å². The molecule has 0 spiro atoms. The SMILES string of the molecule is COCCC(NC(=O)N1CCC(C(C)O)C1)C(=O)O. The minimum Gasteiger partial charge on any atom is -0.480 e. The molecule has 0 aromatic heterocycles. The Morgan fingerprint density at radius 2 is 2.21 bits per heavy atom. The number of aliphatic hydroxyl groups is 1. The predicted octanol–water partition coefficient (Wildman–Crippen LogP) is -0.112. The fraction of sp³-hybridized carbons (Fsp3) is 0.833. The Bertz CT molecular complexity index is 321. The van der Waals surface area contributed by atoms with Gasteiger partial charge in [-0.2, -0.15) is 0 Å². The number of rotatable bonds is 6. The lowest BCUT2D eigenvalue weighted by molar-refractivity contribution is -0.139. The Morgan fingerprint density at radius 1 is 1.53 bits per heavy atom. The maximum absolute atomic E-state index is 11.9. The van der Waals surface area contributed by atoms with Gasteiger partial charge < -0.3 is 25.2 Å². The number of carboxylic acids is 1. The van der Waals surface area contributed by atoms with Gasteiger partial charge in [-0.3, -0.25) is 0 Å². The number of ether oxygens (including phenoxy) is 1. The summed E-state index contributed by atoms with van der Waals surface area (Å²) in [5.41, 5.74) is 0. The molecular weight excluding hydrogens is 252 g/mol. The van der Waals surface area contributed by atoms with E-state index in [1.807, 2.05) is 0 Å². The highest BCUT2D eigenvalue weighted by Crippen LogP contribution is 2.19. The Balaban J connectivity index is 2.46. The van der Waals surface area contributed by atoms with Crippen molar-refractivity contribution in [3.8, 4) is 0 Å². The molecule has 0 saturated carbocycles. The number of likely N-dealkylation sites (tertiary alicyclic amines) is 1. The monoisotopic (exact) mass is 274 g/mol. The molecule has 1 rings (SSSR count). The number of urea groups is 1. The van der Waals surface area contributed by atoms with Gasteiger partial charge in [0.2, 0.25) is 0 Å². The Labute approximate surface area is 112 Å². The minimum absolute atomic E-state index is 0.0630. The van der Waals surface area contributed by atoms with Crippen molar-refractivity contribution in [3.63, 3.8) is 0 Å². The molecule has 1 aliphatic heterocycles. The Morgan fingerprint density at radius 3 is 2.68 bits per heavy atom. The summed E-state index contributed by atoms with van der Waals surface area (Å²) >= 11 is 0. The molecule has 0 aromatic carbocycles.